The van der Waals surface area contributed by atoms with E-state index in [9.17, 15) is 0 Å². The molecule has 0 saturated carbocycles. The van der Waals surface area contributed by atoms with Crippen LogP contribution in [0.3, 0.4) is 0 Å². The predicted octanol–water partition coefficient (Wildman–Crippen LogP) is 1.01. The lowest BCUT2D eigenvalue weighted by atomic mass is 10.7. The van der Waals surface area contributed by atoms with Crippen LogP contribution in [0.4, 0.5) is 0 Å². The second-order valence-corrected chi connectivity index (χ2v) is 4.51. The van der Waals surface area contributed by atoms with Crippen molar-refractivity contribution < 1.29 is 23.7 Å². The van der Waals surface area contributed by atoms with Gasteiger partial charge in [0, 0.05) is 5.33 Å². The largest absolute Gasteiger partial charge is 0.378 e. The lowest BCUT2D eigenvalue weighted by Gasteiger charge is -2.07. The Morgan fingerprint density at radius 3 is 1.43 bits per heavy atom. The summed E-state index contributed by atoms with van der Waals surface area (Å²) in [5.74, 6) is 0. The Bertz CT molecular complexity index is 255. The van der Waals surface area contributed by atoms with Gasteiger partial charge in [0.15, 0.2) is 0 Å². The van der Waals surface area contributed by atoms with E-state index < -0.39 is 0 Å². The number of alkyl halides is 1. The maximum atomic E-state index is 6.44. The summed E-state index contributed by atoms with van der Waals surface area (Å²) in [6.45, 7) is 5.97. The summed E-state index contributed by atoms with van der Waals surface area (Å²) in [7, 11) is 0. The van der Waals surface area contributed by atoms with Crippen molar-refractivity contribution in [3.05, 3.63) is 0 Å². The van der Waals surface area contributed by atoms with Crippen molar-refractivity contribution in [2.24, 2.45) is 5.11 Å². The van der Waals surface area contributed by atoms with Crippen molar-refractivity contribution in [3.8, 4) is 0 Å². The van der Waals surface area contributed by atoms with Gasteiger partial charge in [-0.15, -0.1) is 0 Å². The van der Waals surface area contributed by atoms with Gasteiger partial charge in [0.25, 0.3) is 0 Å². The second-order valence-electron chi connectivity index (χ2n) is 3.72. The Kier molecular flexibility index (Phi) is 19.2. The van der Waals surface area contributed by atoms with Crippen LogP contribution in [0, 0.1) is 5.53 Å². The predicted molar refractivity (Wildman–Crippen MR) is 80.0 cm³/mol. The molecule has 0 aliphatic rings. The maximum Gasteiger partial charge on any atom is 0.214 e. The average Bonchev–Trinajstić information content (AvgIpc) is 2.50. The number of rotatable bonds is 17. The molecule has 0 unspecified atom stereocenters. The van der Waals surface area contributed by atoms with Gasteiger partial charge in [-0.25, -0.2) is 0 Å². The van der Waals surface area contributed by atoms with Gasteiger partial charge < -0.3 is 23.7 Å². The van der Waals surface area contributed by atoms with Crippen LogP contribution in [0.2, 0.25) is 0 Å². The fraction of sp³-hybridized carbons (Fsp3) is 1.00. The summed E-state index contributed by atoms with van der Waals surface area (Å²) < 4.78 is 26.4. The lowest BCUT2D eigenvalue weighted by Crippen LogP contribution is -2.13. The molecule has 0 aromatic heterocycles. The summed E-state index contributed by atoms with van der Waals surface area (Å²) in [6, 6.07) is 0. The van der Waals surface area contributed by atoms with Crippen molar-refractivity contribution in [1.82, 2.24) is 4.91 Å². The Labute approximate surface area is 133 Å². The molecule has 0 heterocycles. The molecule has 0 bridgehead atoms. The molecule has 8 nitrogen and oxygen atoms in total. The highest BCUT2D eigenvalue weighted by atomic mass is 79.9. The molecular weight excluding hydrogens is 346 g/mol. The number of hydrogen-bond donors (Lipinski definition) is 1. The molecule has 0 aromatic rings. The molecule has 0 spiro atoms. The number of ether oxygens (including phenoxy) is 5. The van der Waals surface area contributed by atoms with Gasteiger partial charge in [-0.2, -0.15) is 0 Å². The third-order valence-corrected chi connectivity index (χ3v) is 2.44. The minimum atomic E-state index is 0.410. The van der Waals surface area contributed by atoms with Crippen molar-refractivity contribution in [3.63, 3.8) is 0 Å². The monoisotopic (exact) mass is 370 g/mol. The van der Waals surface area contributed by atoms with Gasteiger partial charge in [0.05, 0.1) is 66.1 Å². The number of hydrogen-bond acceptors (Lipinski definition) is 7. The van der Waals surface area contributed by atoms with E-state index >= 15 is 0 Å². The van der Waals surface area contributed by atoms with Gasteiger partial charge in [-0.1, -0.05) is 15.9 Å². The highest BCUT2D eigenvalue weighted by Gasteiger charge is 1.93. The molecule has 0 fully saturated rings. The molecular formula is C12H25BrN3O5+. The van der Waals surface area contributed by atoms with E-state index in [0.717, 1.165) is 5.33 Å². The van der Waals surface area contributed by atoms with Crippen LogP contribution in [0.25, 0.3) is 0 Å². The van der Waals surface area contributed by atoms with E-state index in [1.807, 2.05) is 0 Å². The van der Waals surface area contributed by atoms with E-state index in [1.165, 1.54) is 0 Å². The van der Waals surface area contributed by atoms with Crippen LogP contribution >= 0.6 is 15.9 Å². The first kappa shape index (κ1) is 20.6. The standard InChI is InChI=1S/C12H25BrN3O5/c13-1-3-17-5-7-19-9-11-21-12-10-20-8-6-18-4-2-15-16-14/h14H,1-12H2/q+1. The first-order valence-electron chi connectivity index (χ1n) is 6.89. The molecule has 0 atom stereocenters. The zero-order valence-electron chi connectivity index (χ0n) is 12.3. The van der Waals surface area contributed by atoms with Crippen molar-refractivity contribution in [2.45, 2.75) is 0 Å². The minimum Gasteiger partial charge on any atom is -0.378 e. The van der Waals surface area contributed by atoms with Crippen molar-refractivity contribution in [1.29, 1.82) is 5.53 Å². The number of nitrogens with zero attached hydrogens (tertiary/aromatic N) is 2. The van der Waals surface area contributed by atoms with Gasteiger partial charge in [-0.05, 0) is 0 Å². The Morgan fingerprint density at radius 2 is 1.05 bits per heavy atom. The fourth-order valence-electron chi connectivity index (χ4n) is 1.19. The summed E-state index contributed by atoms with van der Waals surface area (Å²) in [5.41, 5.74) is 6.44. The molecule has 21 heavy (non-hydrogen) atoms. The molecule has 124 valence electrons. The van der Waals surface area contributed by atoms with E-state index in [1.54, 1.807) is 0 Å². The Morgan fingerprint density at radius 1 is 0.667 bits per heavy atom. The third-order valence-electron chi connectivity index (χ3n) is 2.12. The number of halogens is 1. The smallest absolute Gasteiger partial charge is 0.214 e. The molecule has 0 radical (unpaired) electrons. The van der Waals surface area contributed by atoms with Gasteiger partial charge in [0.2, 0.25) is 4.91 Å². The van der Waals surface area contributed by atoms with Crippen molar-refractivity contribution in [2.75, 3.05) is 77.9 Å². The van der Waals surface area contributed by atoms with E-state index in [-0.39, 0.29) is 0 Å². The summed E-state index contributed by atoms with van der Waals surface area (Å²) in [6.07, 6.45) is 0. The summed E-state index contributed by atoms with van der Waals surface area (Å²) in [4.78, 5) is 2.87. The average molecular weight is 371 g/mol. The van der Waals surface area contributed by atoms with Crippen LogP contribution in [0.15, 0.2) is 5.11 Å². The van der Waals surface area contributed by atoms with Crippen LogP contribution < -0.4 is 4.91 Å². The molecule has 0 saturated heterocycles. The Balaban J connectivity index is 2.94. The van der Waals surface area contributed by atoms with Crippen LogP contribution in [-0.4, -0.2) is 77.9 Å². The Hall–Kier alpha value is -0.410. The highest BCUT2D eigenvalue weighted by molar-refractivity contribution is 9.09. The van der Waals surface area contributed by atoms with Crippen LogP contribution in [-0.2, 0) is 23.7 Å². The van der Waals surface area contributed by atoms with E-state index in [4.69, 9.17) is 29.2 Å². The highest BCUT2D eigenvalue weighted by Crippen LogP contribution is 1.85. The SMILES string of the molecule is N=[N+]=NCCOCCOCCOCCOCCOCCBr. The first-order chi connectivity index (χ1) is 10.4. The first-order valence-corrected chi connectivity index (χ1v) is 8.02. The number of nitrogens with one attached hydrogen (secondary N) is 1. The fourth-order valence-corrected chi connectivity index (χ4v) is 1.42. The van der Waals surface area contributed by atoms with E-state index in [0.29, 0.717) is 72.6 Å². The maximum absolute atomic E-state index is 6.44. The molecule has 0 amide bonds. The summed E-state index contributed by atoms with van der Waals surface area (Å²) in [5, 5.41) is 4.30. The molecule has 0 aliphatic carbocycles. The van der Waals surface area contributed by atoms with Crippen LogP contribution in [0.1, 0.15) is 0 Å². The zero-order valence-corrected chi connectivity index (χ0v) is 13.9. The minimum absolute atomic E-state index is 0.410. The normalized spacial score (nSPS) is 10.5. The quantitative estimate of drug-likeness (QED) is 0.178. The van der Waals surface area contributed by atoms with Crippen molar-refractivity contribution >= 4 is 15.9 Å². The topological polar surface area (TPSA) is 96.5 Å². The molecule has 0 rings (SSSR count). The molecule has 0 aliphatic heterocycles. The third kappa shape index (κ3) is 19.6. The summed E-state index contributed by atoms with van der Waals surface area (Å²) >= 11 is 3.28. The van der Waals surface area contributed by atoms with Crippen LogP contribution in [0.5, 0.6) is 0 Å². The van der Waals surface area contributed by atoms with Gasteiger partial charge in [-0.3, -0.25) is 0 Å². The molecule has 0 aromatic carbocycles. The van der Waals surface area contributed by atoms with Gasteiger partial charge >= 0.3 is 0 Å². The lowest BCUT2D eigenvalue weighted by molar-refractivity contribution is -0.00952. The van der Waals surface area contributed by atoms with Gasteiger partial charge in [0.1, 0.15) is 17.2 Å². The molecule has 1 N–H and O–H groups in total. The second kappa shape index (κ2) is 19.6. The zero-order chi connectivity index (χ0) is 15.4. The molecule has 9 heteroatoms. The van der Waals surface area contributed by atoms with E-state index in [2.05, 4.69) is 26.0 Å².